The SMILES string of the molecule is c1ccc(CN2C[C@@H]3N[C@@H]3C2)cc1. The molecule has 2 heteroatoms. The van der Waals surface area contributed by atoms with Gasteiger partial charge in [-0.1, -0.05) is 30.3 Å². The third-order valence-corrected chi connectivity index (χ3v) is 2.96. The fourth-order valence-electron chi connectivity index (χ4n) is 2.18. The van der Waals surface area contributed by atoms with Crippen molar-refractivity contribution in [3.8, 4) is 0 Å². The maximum atomic E-state index is 3.44. The molecule has 2 heterocycles. The molecule has 2 aliphatic heterocycles. The molecule has 0 aromatic heterocycles. The quantitative estimate of drug-likeness (QED) is 0.672. The third kappa shape index (κ3) is 1.47. The van der Waals surface area contributed by atoms with Gasteiger partial charge in [-0.05, 0) is 5.56 Å². The number of hydrogen-bond donors (Lipinski definition) is 1. The first-order valence-electron chi connectivity index (χ1n) is 4.94. The Bertz CT molecular complexity index is 286. The van der Waals surface area contributed by atoms with Gasteiger partial charge in [-0.25, -0.2) is 0 Å². The molecular formula is C11H14N2. The van der Waals surface area contributed by atoms with Crippen molar-refractivity contribution < 1.29 is 0 Å². The molecule has 1 aromatic carbocycles. The Kier molecular flexibility index (Phi) is 1.64. The smallest absolute Gasteiger partial charge is 0.0365 e. The van der Waals surface area contributed by atoms with Crippen LogP contribution in [0.1, 0.15) is 5.56 Å². The van der Waals surface area contributed by atoms with E-state index in [4.69, 9.17) is 0 Å². The number of fused-ring (bicyclic) bond motifs is 1. The molecule has 0 bridgehead atoms. The second kappa shape index (κ2) is 2.82. The predicted molar refractivity (Wildman–Crippen MR) is 52.4 cm³/mol. The van der Waals surface area contributed by atoms with Crippen LogP contribution in [0.25, 0.3) is 0 Å². The van der Waals surface area contributed by atoms with E-state index < -0.39 is 0 Å². The number of rotatable bonds is 2. The van der Waals surface area contributed by atoms with E-state index in [1.54, 1.807) is 0 Å². The zero-order valence-electron chi connectivity index (χ0n) is 7.61. The summed E-state index contributed by atoms with van der Waals surface area (Å²) in [5.41, 5.74) is 1.43. The zero-order chi connectivity index (χ0) is 8.67. The van der Waals surface area contributed by atoms with E-state index in [9.17, 15) is 0 Å². The molecule has 2 saturated heterocycles. The van der Waals surface area contributed by atoms with E-state index >= 15 is 0 Å². The molecule has 0 saturated carbocycles. The lowest BCUT2D eigenvalue weighted by Crippen LogP contribution is -2.26. The van der Waals surface area contributed by atoms with Crippen molar-refractivity contribution in [2.75, 3.05) is 13.1 Å². The molecule has 0 radical (unpaired) electrons. The van der Waals surface area contributed by atoms with Gasteiger partial charge in [-0.15, -0.1) is 0 Å². The van der Waals surface area contributed by atoms with Crippen LogP contribution in [0.3, 0.4) is 0 Å². The molecule has 0 unspecified atom stereocenters. The minimum Gasteiger partial charge on any atom is -0.306 e. The van der Waals surface area contributed by atoms with Gasteiger partial charge in [0.1, 0.15) is 0 Å². The number of nitrogens with zero attached hydrogens (tertiary/aromatic N) is 1. The lowest BCUT2D eigenvalue weighted by Gasteiger charge is -2.16. The van der Waals surface area contributed by atoms with Crippen molar-refractivity contribution in [1.29, 1.82) is 0 Å². The Hall–Kier alpha value is -0.860. The van der Waals surface area contributed by atoms with Gasteiger partial charge in [-0.2, -0.15) is 0 Å². The van der Waals surface area contributed by atoms with Gasteiger partial charge in [0, 0.05) is 31.7 Å². The number of piperazine rings is 1. The van der Waals surface area contributed by atoms with Gasteiger partial charge < -0.3 is 5.32 Å². The first-order chi connectivity index (χ1) is 6.42. The molecule has 2 nitrogen and oxygen atoms in total. The average molecular weight is 174 g/mol. The summed E-state index contributed by atoms with van der Waals surface area (Å²) in [5, 5.41) is 3.44. The highest BCUT2D eigenvalue weighted by Gasteiger charge is 2.44. The van der Waals surface area contributed by atoms with Crippen LogP contribution in [0.5, 0.6) is 0 Å². The van der Waals surface area contributed by atoms with Crippen LogP contribution >= 0.6 is 0 Å². The Labute approximate surface area is 78.6 Å². The lowest BCUT2D eigenvalue weighted by atomic mass is 10.2. The molecule has 1 aromatic rings. The summed E-state index contributed by atoms with van der Waals surface area (Å²) in [4.78, 5) is 2.53. The van der Waals surface area contributed by atoms with Crippen molar-refractivity contribution in [2.24, 2.45) is 0 Å². The molecule has 0 amide bonds. The van der Waals surface area contributed by atoms with Crippen LogP contribution in [0, 0.1) is 0 Å². The normalized spacial score (nSPS) is 31.7. The number of nitrogens with one attached hydrogen (secondary N) is 1. The Morgan fingerprint density at radius 1 is 1.15 bits per heavy atom. The summed E-state index contributed by atoms with van der Waals surface area (Å²) in [6, 6.07) is 12.3. The summed E-state index contributed by atoms with van der Waals surface area (Å²) >= 11 is 0. The maximum Gasteiger partial charge on any atom is 0.0365 e. The van der Waals surface area contributed by atoms with Gasteiger partial charge in [0.05, 0.1) is 0 Å². The largest absolute Gasteiger partial charge is 0.306 e. The van der Waals surface area contributed by atoms with E-state index in [1.807, 2.05) is 0 Å². The average Bonchev–Trinajstić information content (AvgIpc) is 2.76. The minimum atomic E-state index is 0.809. The van der Waals surface area contributed by atoms with Gasteiger partial charge in [-0.3, -0.25) is 4.90 Å². The van der Waals surface area contributed by atoms with Crippen molar-refractivity contribution in [1.82, 2.24) is 10.2 Å². The second-order valence-electron chi connectivity index (χ2n) is 4.06. The standard InChI is InChI=1S/C11H14N2/c1-2-4-9(5-3-1)6-13-7-10-11(8-13)12-10/h1-5,10-12H,6-8H2/t10-,11+. The molecule has 0 aliphatic carbocycles. The monoisotopic (exact) mass is 174 g/mol. The Morgan fingerprint density at radius 3 is 2.54 bits per heavy atom. The summed E-state index contributed by atoms with van der Waals surface area (Å²) in [5.74, 6) is 0. The molecule has 13 heavy (non-hydrogen) atoms. The Morgan fingerprint density at radius 2 is 1.85 bits per heavy atom. The van der Waals surface area contributed by atoms with E-state index in [2.05, 4.69) is 40.5 Å². The molecular weight excluding hydrogens is 160 g/mol. The van der Waals surface area contributed by atoms with Crippen LogP contribution in [0.2, 0.25) is 0 Å². The maximum absolute atomic E-state index is 3.44. The van der Waals surface area contributed by atoms with E-state index in [1.165, 1.54) is 18.7 Å². The summed E-state index contributed by atoms with van der Waals surface area (Å²) < 4.78 is 0. The molecule has 1 N–H and O–H groups in total. The highest BCUT2D eigenvalue weighted by atomic mass is 15.3. The van der Waals surface area contributed by atoms with Crippen LogP contribution in [-0.4, -0.2) is 30.1 Å². The van der Waals surface area contributed by atoms with Crippen molar-refractivity contribution >= 4 is 0 Å². The van der Waals surface area contributed by atoms with E-state index in [-0.39, 0.29) is 0 Å². The van der Waals surface area contributed by atoms with Crippen LogP contribution < -0.4 is 5.32 Å². The van der Waals surface area contributed by atoms with E-state index in [0.717, 1.165) is 18.6 Å². The predicted octanol–water partition coefficient (Wildman–Crippen LogP) is 0.843. The second-order valence-corrected chi connectivity index (χ2v) is 4.06. The molecule has 0 spiro atoms. The molecule has 3 rings (SSSR count). The van der Waals surface area contributed by atoms with Gasteiger partial charge in [0.15, 0.2) is 0 Å². The zero-order valence-corrected chi connectivity index (χ0v) is 7.61. The molecule has 68 valence electrons. The highest BCUT2D eigenvalue weighted by Crippen LogP contribution is 2.23. The molecule has 2 atom stereocenters. The number of likely N-dealkylation sites (tertiary alicyclic amines) is 1. The van der Waals surface area contributed by atoms with Crippen LogP contribution in [-0.2, 0) is 6.54 Å². The van der Waals surface area contributed by atoms with Gasteiger partial charge in [0.25, 0.3) is 0 Å². The molecule has 2 fully saturated rings. The van der Waals surface area contributed by atoms with Crippen LogP contribution in [0.4, 0.5) is 0 Å². The molecule has 2 aliphatic rings. The summed E-state index contributed by atoms with van der Waals surface area (Å²) in [6.45, 7) is 3.59. The van der Waals surface area contributed by atoms with Crippen molar-refractivity contribution in [3.63, 3.8) is 0 Å². The van der Waals surface area contributed by atoms with Crippen molar-refractivity contribution in [3.05, 3.63) is 35.9 Å². The number of benzene rings is 1. The first kappa shape index (κ1) is 7.54. The van der Waals surface area contributed by atoms with Crippen molar-refractivity contribution in [2.45, 2.75) is 18.6 Å². The van der Waals surface area contributed by atoms with Crippen LogP contribution in [0.15, 0.2) is 30.3 Å². The minimum absolute atomic E-state index is 0.809. The lowest BCUT2D eigenvalue weighted by molar-refractivity contribution is 0.303. The Balaban J connectivity index is 1.63. The number of hydrogen-bond acceptors (Lipinski definition) is 2. The third-order valence-electron chi connectivity index (χ3n) is 2.96. The van der Waals surface area contributed by atoms with E-state index in [0.29, 0.717) is 0 Å². The first-order valence-corrected chi connectivity index (χ1v) is 4.94. The summed E-state index contributed by atoms with van der Waals surface area (Å²) in [6.07, 6.45) is 0. The topological polar surface area (TPSA) is 25.2 Å². The highest BCUT2D eigenvalue weighted by molar-refractivity contribution is 5.16. The fraction of sp³-hybridized carbons (Fsp3) is 0.455. The van der Waals surface area contributed by atoms with Gasteiger partial charge >= 0.3 is 0 Å². The fourth-order valence-corrected chi connectivity index (χ4v) is 2.18. The van der Waals surface area contributed by atoms with Gasteiger partial charge in [0.2, 0.25) is 0 Å². The summed E-state index contributed by atoms with van der Waals surface area (Å²) in [7, 11) is 0.